The van der Waals surface area contributed by atoms with Gasteiger partial charge in [-0.2, -0.15) is 0 Å². The highest BCUT2D eigenvalue weighted by atomic mass is 14.9. The molecule has 0 aromatic carbocycles. The zero-order chi connectivity index (χ0) is 7.44. The summed E-state index contributed by atoms with van der Waals surface area (Å²) in [6.45, 7) is 6.38. The van der Waals surface area contributed by atoms with Crippen LogP contribution in [0.2, 0.25) is 0 Å². The third kappa shape index (κ3) is 2.82. The van der Waals surface area contributed by atoms with Gasteiger partial charge in [0.15, 0.2) is 0 Å². The molecule has 0 saturated heterocycles. The van der Waals surface area contributed by atoms with Crippen LogP contribution in [0.4, 0.5) is 0 Å². The Labute approximate surface area is 57.8 Å². The number of likely N-dealkylation sites (N-methyl/N-ethyl adjacent to an activating group) is 1. The third-order valence-electron chi connectivity index (χ3n) is 1.80. The van der Waals surface area contributed by atoms with Crippen molar-refractivity contribution in [2.45, 2.75) is 32.9 Å². The molecule has 2 heteroatoms. The predicted molar refractivity (Wildman–Crippen MR) is 41.3 cm³/mol. The van der Waals surface area contributed by atoms with E-state index in [0.29, 0.717) is 12.0 Å². The van der Waals surface area contributed by atoms with Crippen molar-refractivity contribution in [3.8, 4) is 0 Å². The van der Waals surface area contributed by atoms with E-state index in [1.54, 1.807) is 0 Å². The summed E-state index contributed by atoms with van der Waals surface area (Å²) in [5.74, 6) is 0.562. The Balaban J connectivity index is 3.58. The van der Waals surface area contributed by atoms with Crippen LogP contribution in [-0.4, -0.2) is 19.1 Å². The predicted octanol–water partition coefficient (Wildman–Crippen LogP) is 0.578. The lowest BCUT2D eigenvalue weighted by Crippen LogP contribution is -2.44. The van der Waals surface area contributed by atoms with Crippen molar-refractivity contribution in [1.29, 1.82) is 0 Å². The minimum Gasteiger partial charge on any atom is -0.326 e. The summed E-state index contributed by atoms with van der Waals surface area (Å²) < 4.78 is 0. The van der Waals surface area contributed by atoms with Crippen LogP contribution in [-0.2, 0) is 0 Å². The first-order chi connectivity index (χ1) is 4.09. The maximum atomic E-state index is 5.81. The summed E-state index contributed by atoms with van der Waals surface area (Å²) in [7, 11) is 1.94. The van der Waals surface area contributed by atoms with Gasteiger partial charge in [-0.05, 0) is 19.9 Å². The Morgan fingerprint density at radius 2 is 1.67 bits per heavy atom. The monoisotopic (exact) mass is 130 g/mol. The van der Waals surface area contributed by atoms with Crippen LogP contribution in [0.15, 0.2) is 0 Å². The quantitative estimate of drug-likeness (QED) is 0.586. The first-order valence-corrected chi connectivity index (χ1v) is 3.52. The lowest BCUT2D eigenvalue weighted by Gasteiger charge is -2.22. The molecule has 0 aromatic rings. The molecule has 2 unspecified atom stereocenters. The molecule has 0 bridgehead atoms. The molecule has 3 N–H and O–H groups in total. The summed E-state index contributed by atoms with van der Waals surface area (Å²) >= 11 is 0. The van der Waals surface area contributed by atoms with Crippen LogP contribution < -0.4 is 11.1 Å². The normalized spacial score (nSPS) is 18.0. The van der Waals surface area contributed by atoms with E-state index in [0.717, 1.165) is 0 Å². The van der Waals surface area contributed by atoms with E-state index < -0.39 is 0 Å². The van der Waals surface area contributed by atoms with Crippen LogP contribution in [0.5, 0.6) is 0 Å². The highest BCUT2D eigenvalue weighted by Crippen LogP contribution is 2.01. The minimum atomic E-state index is 0.273. The van der Waals surface area contributed by atoms with Crippen molar-refractivity contribution < 1.29 is 0 Å². The summed E-state index contributed by atoms with van der Waals surface area (Å²) in [5.41, 5.74) is 5.81. The van der Waals surface area contributed by atoms with Gasteiger partial charge in [-0.25, -0.2) is 0 Å². The second-order valence-electron chi connectivity index (χ2n) is 2.90. The molecular formula is C7H18N2. The van der Waals surface area contributed by atoms with E-state index in [-0.39, 0.29) is 6.04 Å². The number of hydrogen-bond donors (Lipinski definition) is 2. The molecule has 0 amide bonds. The Morgan fingerprint density at radius 3 is 1.78 bits per heavy atom. The van der Waals surface area contributed by atoms with Gasteiger partial charge in [-0.1, -0.05) is 13.8 Å². The van der Waals surface area contributed by atoms with Gasteiger partial charge in [-0.15, -0.1) is 0 Å². The molecule has 2 nitrogen and oxygen atoms in total. The van der Waals surface area contributed by atoms with Gasteiger partial charge >= 0.3 is 0 Å². The standard InChI is InChI=1S/C7H18N2/c1-5(2)7(8)6(3)9-4/h5-7,9H,8H2,1-4H3. The van der Waals surface area contributed by atoms with Gasteiger partial charge in [0, 0.05) is 12.1 Å². The lowest BCUT2D eigenvalue weighted by molar-refractivity contribution is 0.394. The fourth-order valence-corrected chi connectivity index (χ4v) is 0.770. The molecule has 0 aromatic heterocycles. The second kappa shape index (κ2) is 3.85. The first-order valence-electron chi connectivity index (χ1n) is 3.52. The highest BCUT2D eigenvalue weighted by Gasteiger charge is 2.13. The Hall–Kier alpha value is -0.0800. The zero-order valence-electron chi connectivity index (χ0n) is 6.81. The van der Waals surface area contributed by atoms with Crippen LogP contribution in [0.3, 0.4) is 0 Å². The molecule has 56 valence electrons. The van der Waals surface area contributed by atoms with E-state index in [1.165, 1.54) is 0 Å². The molecule has 0 spiro atoms. The largest absolute Gasteiger partial charge is 0.326 e. The Kier molecular flexibility index (Phi) is 3.82. The molecule has 0 saturated carbocycles. The average Bonchev–Trinajstić information content (AvgIpc) is 1.84. The lowest BCUT2D eigenvalue weighted by atomic mass is 9.99. The number of rotatable bonds is 3. The molecule has 0 aliphatic heterocycles. The molecule has 2 atom stereocenters. The SMILES string of the molecule is CNC(C)C(N)C(C)C. The van der Waals surface area contributed by atoms with E-state index >= 15 is 0 Å². The smallest absolute Gasteiger partial charge is 0.0215 e. The van der Waals surface area contributed by atoms with Gasteiger partial charge < -0.3 is 11.1 Å². The third-order valence-corrected chi connectivity index (χ3v) is 1.80. The van der Waals surface area contributed by atoms with Crippen LogP contribution in [0.1, 0.15) is 20.8 Å². The summed E-state index contributed by atoms with van der Waals surface area (Å²) in [4.78, 5) is 0. The maximum absolute atomic E-state index is 5.81. The summed E-state index contributed by atoms with van der Waals surface area (Å²) in [5, 5.41) is 3.12. The van der Waals surface area contributed by atoms with Crippen LogP contribution in [0, 0.1) is 5.92 Å². The number of nitrogens with one attached hydrogen (secondary N) is 1. The molecule has 0 rings (SSSR count). The molecular weight excluding hydrogens is 112 g/mol. The van der Waals surface area contributed by atoms with Gasteiger partial charge in [0.1, 0.15) is 0 Å². The fraction of sp³-hybridized carbons (Fsp3) is 1.00. The Morgan fingerprint density at radius 1 is 1.22 bits per heavy atom. The average molecular weight is 130 g/mol. The Bertz CT molecular complexity index is 71.3. The highest BCUT2D eigenvalue weighted by molar-refractivity contribution is 4.75. The molecule has 0 aliphatic carbocycles. The van der Waals surface area contributed by atoms with Crippen LogP contribution >= 0.6 is 0 Å². The summed E-state index contributed by atoms with van der Waals surface area (Å²) in [6, 6.07) is 0.694. The maximum Gasteiger partial charge on any atom is 0.0215 e. The number of hydrogen-bond acceptors (Lipinski definition) is 2. The van der Waals surface area contributed by atoms with Crippen molar-refractivity contribution in [1.82, 2.24) is 5.32 Å². The number of nitrogens with two attached hydrogens (primary N) is 1. The topological polar surface area (TPSA) is 38.0 Å². The molecule has 0 fully saturated rings. The molecule has 0 heterocycles. The fourth-order valence-electron chi connectivity index (χ4n) is 0.770. The van der Waals surface area contributed by atoms with Gasteiger partial charge in [0.05, 0.1) is 0 Å². The van der Waals surface area contributed by atoms with Crippen LogP contribution in [0.25, 0.3) is 0 Å². The van der Waals surface area contributed by atoms with Crippen molar-refractivity contribution in [2.24, 2.45) is 11.7 Å². The van der Waals surface area contributed by atoms with Gasteiger partial charge in [0.2, 0.25) is 0 Å². The molecule has 9 heavy (non-hydrogen) atoms. The van der Waals surface area contributed by atoms with Crippen molar-refractivity contribution in [3.05, 3.63) is 0 Å². The van der Waals surface area contributed by atoms with E-state index in [2.05, 4.69) is 26.1 Å². The second-order valence-corrected chi connectivity index (χ2v) is 2.90. The van der Waals surface area contributed by atoms with Crippen molar-refractivity contribution in [2.75, 3.05) is 7.05 Å². The molecule has 0 aliphatic rings. The van der Waals surface area contributed by atoms with E-state index in [1.807, 2.05) is 7.05 Å². The van der Waals surface area contributed by atoms with Crippen molar-refractivity contribution >= 4 is 0 Å². The van der Waals surface area contributed by atoms with E-state index in [4.69, 9.17) is 5.73 Å². The van der Waals surface area contributed by atoms with E-state index in [9.17, 15) is 0 Å². The first kappa shape index (κ1) is 8.92. The molecule has 0 radical (unpaired) electrons. The minimum absolute atomic E-state index is 0.273. The zero-order valence-corrected chi connectivity index (χ0v) is 6.81. The summed E-state index contributed by atoms with van der Waals surface area (Å²) in [6.07, 6.45) is 0. The van der Waals surface area contributed by atoms with Gasteiger partial charge in [-0.3, -0.25) is 0 Å². The van der Waals surface area contributed by atoms with Crippen molar-refractivity contribution in [3.63, 3.8) is 0 Å². The van der Waals surface area contributed by atoms with Gasteiger partial charge in [0.25, 0.3) is 0 Å².